The molecule has 2 rings (SSSR count). The van der Waals surface area contributed by atoms with Gasteiger partial charge >= 0.3 is 0 Å². The van der Waals surface area contributed by atoms with Crippen LogP contribution in [0.2, 0.25) is 0 Å². The number of carbonyl (C=O) groups is 1. The van der Waals surface area contributed by atoms with Crippen LogP contribution in [-0.4, -0.2) is 34.4 Å². The van der Waals surface area contributed by atoms with Crippen molar-refractivity contribution in [3.63, 3.8) is 0 Å². The number of rotatable bonds is 1. The van der Waals surface area contributed by atoms with Gasteiger partial charge in [0.2, 0.25) is 0 Å². The normalized spacial score (nSPS) is 18.7. The van der Waals surface area contributed by atoms with Crippen LogP contribution in [0.25, 0.3) is 0 Å². The molecule has 1 amide bonds. The first kappa shape index (κ1) is 13.7. The first-order valence-electron chi connectivity index (χ1n) is 5.87. The van der Waals surface area contributed by atoms with Crippen LogP contribution in [-0.2, 0) is 0 Å². The van der Waals surface area contributed by atoms with Crippen LogP contribution in [0.5, 0.6) is 0 Å². The molecule has 18 heavy (non-hydrogen) atoms. The molecule has 0 bridgehead atoms. The van der Waals surface area contributed by atoms with Gasteiger partial charge in [-0.15, -0.1) is 0 Å². The second kappa shape index (κ2) is 5.13. The summed E-state index contributed by atoms with van der Waals surface area (Å²) in [6, 6.07) is 5.35. The molecule has 0 aromatic heterocycles. The van der Waals surface area contributed by atoms with Crippen LogP contribution in [0.15, 0.2) is 22.7 Å². The third-order valence-corrected chi connectivity index (χ3v) is 4.94. The summed E-state index contributed by atoms with van der Waals surface area (Å²) in [4.78, 5) is 14.3. The van der Waals surface area contributed by atoms with E-state index in [0.717, 1.165) is 23.3 Å². The van der Waals surface area contributed by atoms with E-state index in [1.165, 1.54) is 0 Å². The summed E-state index contributed by atoms with van der Waals surface area (Å²) >= 11 is 5.28. The molecule has 1 aliphatic heterocycles. The molecule has 0 spiro atoms. The lowest BCUT2D eigenvalue weighted by Gasteiger charge is -2.37. The van der Waals surface area contributed by atoms with Gasteiger partial charge in [-0.2, -0.15) is 11.8 Å². The molecule has 1 aromatic rings. The Kier molecular flexibility index (Phi) is 3.92. The summed E-state index contributed by atoms with van der Waals surface area (Å²) in [5.41, 5.74) is 7.08. The minimum absolute atomic E-state index is 0.0871. The van der Waals surface area contributed by atoms with E-state index < -0.39 is 0 Å². The zero-order chi connectivity index (χ0) is 13.3. The van der Waals surface area contributed by atoms with Crippen molar-refractivity contribution < 1.29 is 4.79 Å². The lowest BCUT2D eigenvalue weighted by Crippen LogP contribution is -2.46. The highest BCUT2D eigenvalue weighted by molar-refractivity contribution is 9.10. The van der Waals surface area contributed by atoms with Gasteiger partial charge in [0.25, 0.3) is 5.91 Å². The maximum absolute atomic E-state index is 12.4. The number of amides is 1. The van der Waals surface area contributed by atoms with E-state index in [1.54, 1.807) is 18.2 Å². The Bertz CT molecular complexity index is 476. The topological polar surface area (TPSA) is 46.3 Å². The molecule has 98 valence electrons. The number of halogens is 1. The van der Waals surface area contributed by atoms with E-state index in [-0.39, 0.29) is 10.7 Å². The minimum Gasteiger partial charge on any atom is -0.398 e. The van der Waals surface area contributed by atoms with Crippen LogP contribution in [0, 0.1) is 0 Å². The third kappa shape index (κ3) is 3.01. The molecule has 0 aliphatic carbocycles. The quantitative estimate of drug-likeness (QED) is 0.806. The molecular formula is C13H17BrN2OS. The summed E-state index contributed by atoms with van der Waals surface area (Å²) in [7, 11) is 0. The van der Waals surface area contributed by atoms with Gasteiger partial charge in [0.15, 0.2) is 0 Å². The number of nitrogen functional groups attached to an aromatic ring is 1. The highest BCUT2D eigenvalue weighted by Gasteiger charge is 2.30. The van der Waals surface area contributed by atoms with Crippen LogP contribution in [0.1, 0.15) is 24.2 Å². The Morgan fingerprint density at radius 2 is 2.22 bits per heavy atom. The van der Waals surface area contributed by atoms with Crippen molar-refractivity contribution in [2.75, 3.05) is 24.6 Å². The van der Waals surface area contributed by atoms with Gasteiger partial charge in [-0.05, 0) is 48.0 Å². The smallest absolute Gasteiger partial charge is 0.253 e. The summed E-state index contributed by atoms with van der Waals surface area (Å²) in [5.74, 6) is 1.08. The SMILES string of the molecule is CC1(C)CN(C(=O)c2ccc(N)c(Br)c2)CCS1. The van der Waals surface area contributed by atoms with Crippen LogP contribution in [0.4, 0.5) is 5.69 Å². The number of nitrogens with two attached hydrogens (primary N) is 1. The molecular weight excluding hydrogens is 312 g/mol. The largest absolute Gasteiger partial charge is 0.398 e. The number of anilines is 1. The second-order valence-electron chi connectivity index (χ2n) is 5.07. The molecule has 0 atom stereocenters. The summed E-state index contributed by atoms with van der Waals surface area (Å²) in [5, 5.41) is 0. The van der Waals surface area contributed by atoms with Gasteiger partial charge in [0.1, 0.15) is 0 Å². The van der Waals surface area contributed by atoms with Gasteiger partial charge in [0, 0.05) is 39.3 Å². The van der Waals surface area contributed by atoms with E-state index in [4.69, 9.17) is 5.73 Å². The maximum atomic E-state index is 12.4. The Balaban J connectivity index is 2.18. The number of nitrogens with zero attached hydrogens (tertiary/aromatic N) is 1. The first-order valence-corrected chi connectivity index (χ1v) is 7.65. The average molecular weight is 329 g/mol. The van der Waals surface area contributed by atoms with Crippen molar-refractivity contribution in [2.45, 2.75) is 18.6 Å². The Morgan fingerprint density at radius 3 is 2.83 bits per heavy atom. The molecule has 3 nitrogen and oxygen atoms in total. The Morgan fingerprint density at radius 1 is 1.50 bits per heavy atom. The molecule has 2 N–H and O–H groups in total. The number of thioether (sulfide) groups is 1. The van der Waals surface area contributed by atoms with Gasteiger partial charge in [-0.25, -0.2) is 0 Å². The summed E-state index contributed by atoms with van der Waals surface area (Å²) in [6.45, 7) is 5.96. The highest BCUT2D eigenvalue weighted by atomic mass is 79.9. The minimum atomic E-state index is 0.0871. The van der Waals surface area contributed by atoms with Crippen LogP contribution in [0.3, 0.4) is 0 Å². The number of hydrogen-bond donors (Lipinski definition) is 1. The predicted octanol–water partition coefficient (Wildman–Crippen LogP) is 3.00. The summed E-state index contributed by atoms with van der Waals surface area (Å²) in [6.07, 6.45) is 0. The fourth-order valence-corrected chi connectivity index (χ4v) is 3.52. The molecule has 1 aromatic carbocycles. The number of hydrogen-bond acceptors (Lipinski definition) is 3. The van der Waals surface area contributed by atoms with Crippen molar-refractivity contribution in [1.29, 1.82) is 0 Å². The standard InChI is InChI=1S/C13H17BrN2OS/c1-13(2)8-16(5-6-18-13)12(17)9-3-4-11(15)10(14)7-9/h3-4,7H,5-6,8,15H2,1-2H3. The summed E-state index contributed by atoms with van der Waals surface area (Å²) < 4.78 is 0.915. The lowest BCUT2D eigenvalue weighted by molar-refractivity contribution is 0.0748. The van der Waals surface area contributed by atoms with E-state index in [9.17, 15) is 4.79 Å². The monoisotopic (exact) mass is 328 g/mol. The fraction of sp³-hybridized carbons (Fsp3) is 0.462. The molecule has 0 radical (unpaired) electrons. The van der Waals surface area contributed by atoms with E-state index >= 15 is 0 Å². The highest BCUT2D eigenvalue weighted by Crippen LogP contribution is 2.30. The number of benzene rings is 1. The number of carbonyl (C=O) groups excluding carboxylic acids is 1. The first-order chi connectivity index (χ1) is 8.39. The molecule has 0 saturated carbocycles. The van der Waals surface area contributed by atoms with E-state index in [0.29, 0.717) is 11.3 Å². The van der Waals surface area contributed by atoms with Gasteiger partial charge in [-0.1, -0.05) is 0 Å². The Labute approximate surface area is 120 Å². The molecule has 1 saturated heterocycles. The van der Waals surface area contributed by atoms with Crippen molar-refractivity contribution in [3.8, 4) is 0 Å². The predicted molar refractivity (Wildman–Crippen MR) is 81.0 cm³/mol. The maximum Gasteiger partial charge on any atom is 0.253 e. The zero-order valence-electron chi connectivity index (χ0n) is 10.6. The van der Waals surface area contributed by atoms with Crippen molar-refractivity contribution in [2.24, 2.45) is 0 Å². The van der Waals surface area contributed by atoms with Crippen LogP contribution >= 0.6 is 27.7 Å². The average Bonchev–Trinajstić information content (AvgIpc) is 2.30. The van der Waals surface area contributed by atoms with Gasteiger partial charge < -0.3 is 10.6 Å². The Hall–Kier alpha value is -0.680. The van der Waals surface area contributed by atoms with Gasteiger partial charge in [0.05, 0.1) is 0 Å². The van der Waals surface area contributed by atoms with Crippen molar-refractivity contribution in [1.82, 2.24) is 4.90 Å². The molecule has 0 unspecified atom stereocenters. The van der Waals surface area contributed by atoms with Crippen LogP contribution < -0.4 is 5.73 Å². The molecule has 1 heterocycles. The van der Waals surface area contributed by atoms with Gasteiger partial charge in [-0.3, -0.25) is 4.79 Å². The lowest BCUT2D eigenvalue weighted by atomic mass is 10.1. The second-order valence-corrected chi connectivity index (χ2v) is 7.73. The zero-order valence-corrected chi connectivity index (χ0v) is 13.0. The van der Waals surface area contributed by atoms with Crippen molar-refractivity contribution in [3.05, 3.63) is 28.2 Å². The molecule has 5 heteroatoms. The van der Waals surface area contributed by atoms with E-state index in [2.05, 4.69) is 29.8 Å². The van der Waals surface area contributed by atoms with Crippen molar-refractivity contribution >= 4 is 39.3 Å². The molecule has 1 aliphatic rings. The third-order valence-electron chi connectivity index (χ3n) is 2.96. The van der Waals surface area contributed by atoms with E-state index in [1.807, 2.05) is 16.7 Å². The fourth-order valence-electron chi connectivity index (χ4n) is 2.03. The molecule has 1 fully saturated rings.